The lowest BCUT2D eigenvalue weighted by Gasteiger charge is -2.27. The molecule has 1 heterocycles. The van der Waals surface area contributed by atoms with Gasteiger partial charge in [-0.2, -0.15) is 0 Å². The SMILES string of the molecule is c1ccc(-c2cccc(N(c3ccc4c(c3)-c3cccc5cc6ccccc6c-4c35)c3ccc4c5ccccc5n(-c5ccccc5-c5ccccc5)c4c3)c2)cc1. The highest BCUT2D eigenvalue weighted by molar-refractivity contribution is 6.24. The van der Waals surface area contributed by atoms with Crippen molar-refractivity contribution in [1.82, 2.24) is 4.57 Å². The molecule has 0 fully saturated rings. The van der Waals surface area contributed by atoms with E-state index in [2.05, 4.69) is 228 Å². The van der Waals surface area contributed by atoms with Gasteiger partial charge in [0.1, 0.15) is 0 Å². The number of hydrogen-bond donors (Lipinski definition) is 0. The monoisotopic (exact) mass is 736 g/mol. The summed E-state index contributed by atoms with van der Waals surface area (Å²) in [4.78, 5) is 2.44. The maximum atomic E-state index is 2.46. The van der Waals surface area contributed by atoms with Crippen molar-refractivity contribution in [3.8, 4) is 50.2 Å². The van der Waals surface area contributed by atoms with Gasteiger partial charge in [-0.25, -0.2) is 0 Å². The minimum Gasteiger partial charge on any atom is -0.310 e. The van der Waals surface area contributed by atoms with Crippen LogP contribution in [0, 0.1) is 0 Å². The molecule has 10 aromatic carbocycles. The second-order valence-electron chi connectivity index (χ2n) is 15.3. The van der Waals surface area contributed by atoms with E-state index in [1.807, 2.05) is 0 Å². The Morgan fingerprint density at radius 2 is 0.931 bits per heavy atom. The highest BCUT2D eigenvalue weighted by atomic mass is 15.1. The molecule has 0 bridgehead atoms. The molecule has 270 valence electrons. The molecule has 1 aliphatic rings. The second-order valence-corrected chi connectivity index (χ2v) is 15.3. The highest BCUT2D eigenvalue weighted by Gasteiger charge is 2.26. The molecule has 11 aromatic rings. The first kappa shape index (κ1) is 32.6. The summed E-state index contributed by atoms with van der Waals surface area (Å²) in [6, 6.07) is 80.0. The fraction of sp³-hybridized carbons (Fsp3) is 0. The average Bonchev–Trinajstić information content (AvgIpc) is 3.80. The summed E-state index contributed by atoms with van der Waals surface area (Å²) in [6.07, 6.45) is 0. The number of anilines is 3. The number of hydrogen-bond acceptors (Lipinski definition) is 1. The van der Waals surface area contributed by atoms with Crippen molar-refractivity contribution in [2.45, 2.75) is 0 Å². The third-order valence-electron chi connectivity index (χ3n) is 12.1. The molecule has 0 N–H and O–H groups in total. The van der Waals surface area contributed by atoms with Crippen LogP contribution in [0.1, 0.15) is 0 Å². The van der Waals surface area contributed by atoms with Crippen molar-refractivity contribution in [2.24, 2.45) is 0 Å². The Morgan fingerprint density at radius 3 is 1.81 bits per heavy atom. The van der Waals surface area contributed by atoms with Crippen molar-refractivity contribution in [1.29, 1.82) is 0 Å². The summed E-state index contributed by atoms with van der Waals surface area (Å²) in [5.74, 6) is 0. The molecule has 2 heteroatoms. The standard InChI is InChI=1S/C56H36N2/c1-3-15-37(16-4-1)39-20-13-22-42(34-39)57(43-30-32-50-51(35-43)49-26-14-21-41-33-40-19-7-8-24-46(40)56(50)55(41)49)44-29-31-48-47-25-10-12-28-53(47)58(54(48)36-44)52-27-11-9-23-45(52)38-17-5-2-6-18-38/h1-36H. The summed E-state index contributed by atoms with van der Waals surface area (Å²) < 4.78 is 2.46. The Kier molecular flexibility index (Phi) is 7.26. The van der Waals surface area contributed by atoms with E-state index in [-0.39, 0.29) is 0 Å². The Hall–Kier alpha value is -7.68. The van der Waals surface area contributed by atoms with Crippen LogP contribution < -0.4 is 4.90 Å². The van der Waals surface area contributed by atoms with E-state index in [1.54, 1.807) is 0 Å². The van der Waals surface area contributed by atoms with Gasteiger partial charge in [0.05, 0.1) is 16.7 Å². The fourth-order valence-electron chi connectivity index (χ4n) is 9.53. The van der Waals surface area contributed by atoms with Crippen LogP contribution in [-0.4, -0.2) is 4.57 Å². The van der Waals surface area contributed by atoms with Crippen molar-refractivity contribution in [2.75, 3.05) is 4.90 Å². The Balaban J connectivity index is 1.11. The molecular formula is C56H36N2. The second kappa shape index (κ2) is 12.9. The normalized spacial score (nSPS) is 11.8. The molecule has 1 aromatic heterocycles. The molecule has 0 radical (unpaired) electrons. The lowest BCUT2D eigenvalue weighted by Crippen LogP contribution is -2.10. The number of benzene rings is 10. The summed E-state index contributed by atoms with van der Waals surface area (Å²) in [5, 5.41) is 7.66. The smallest absolute Gasteiger partial charge is 0.0562 e. The molecule has 12 rings (SSSR count). The minimum absolute atomic E-state index is 1.10. The number of fused-ring (bicyclic) bond motifs is 8. The first-order valence-electron chi connectivity index (χ1n) is 20.0. The van der Waals surface area contributed by atoms with Gasteiger partial charge in [-0.3, -0.25) is 0 Å². The zero-order valence-electron chi connectivity index (χ0n) is 31.7. The number of aromatic nitrogens is 1. The maximum absolute atomic E-state index is 2.46. The quantitative estimate of drug-likeness (QED) is 0.154. The number of para-hydroxylation sites is 2. The fourth-order valence-corrected chi connectivity index (χ4v) is 9.53. The third-order valence-corrected chi connectivity index (χ3v) is 12.1. The van der Waals surface area contributed by atoms with Crippen LogP contribution in [0.3, 0.4) is 0 Å². The van der Waals surface area contributed by atoms with E-state index in [0.717, 1.165) is 28.3 Å². The topological polar surface area (TPSA) is 8.17 Å². The van der Waals surface area contributed by atoms with Crippen molar-refractivity contribution >= 4 is 60.4 Å². The van der Waals surface area contributed by atoms with Gasteiger partial charge in [-0.05, 0) is 115 Å². The molecule has 0 aliphatic heterocycles. The van der Waals surface area contributed by atoms with Gasteiger partial charge in [0.15, 0.2) is 0 Å². The summed E-state index contributed by atoms with van der Waals surface area (Å²) in [5.41, 5.74) is 16.8. The van der Waals surface area contributed by atoms with Gasteiger partial charge < -0.3 is 9.47 Å². The summed E-state index contributed by atoms with van der Waals surface area (Å²) in [7, 11) is 0. The first-order chi connectivity index (χ1) is 28.8. The van der Waals surface area contributed by atoms with Crippen LogP contribution in [-0.2, 0) is 0 Å². The summed E-state index contributed by atoms with van der Waals surface area (Å²) >= 11 is 0. The first-order valence-corrected chi connectivity index (χ1v) is 20.0. The molecule has 1 aliphatic carbocycles. The summed E-state index contributed by atoms with van der Waals surface area (Å²) in [6.45, 7) is 0. The van der Waals surface area contributed by atoms with Crippen molar-refractivity contribution in [3.63, 3.8) is 0 Å². The number of nitrogens with zero attached hydrogens (tertiary/aromatic N) is 2. The van der Waals surface area contributed by atoms with E-state index in [1.165, 1.54) is 82.3 Å². The highest BCUT2D eigenvalue weighted by Crippen LogP contribution is 2.52. The van der Waals surface area contributed by atoms with Crippen LogP contribution >= 0.6 is 0 Å². The van der Waals surface area contributed by atoms with Gasteiger partial charge >= 0.3 is 0 Å². The third kappa shape index (κ3) is 4.99. The molecule has 0 saturated carbocycles. The predicted octanol–water partition coefficient (Wildman–Crippen LogP) is 15.5. The van der Waals surface area contributed by atoms with E-state index in [0.29, 0.717) is 0 Å². The Morgan fingerprint density at radius 1 is 0.310 bits per heavy atom. The minimum atomic E-state index is 1.10. The molecule has 0 unspecified atom stereocenters. The van der Waals surface area contributed by atoms with Crippen LogP contribution in [0.4, 0.5) is 17.1 Å². The van der Waals surface area contributed by atoms with Gasteiger partial charge in [-0.1, -0.05) is 164 Å². The largest absolute Gasteiger partial charge is 0.310 e. The van der Waals surface area contributed by atoms with Gasteiger partial charge in [-0.15, -0.1) is 0 Å². The van der Waals surface area contributed by atoms with E-state index in [4.69, 9.17) is 0 Å². The molecular weight excluding hydrogens is 701 g/mol. The molecule has 0 spiro atoms. The average molecular weight is 737 g/mol. The van der Waals surface area contributed by atoms with Crippen LogP contribution in [0.25, 0.3) is 93.5 Å². The van der Waals surface area contributed by atoms with Crippen LogP contribution in [0.5, 0.6) is 0 Å². The zero-order valence-corrected chi connectivity index (χ0v) is 31.7. The molecule has 0 saturated heterocycles. The predicted molar refractivity (Wildman–Crippen MR) is 246 cm³/mol. The number of rotatable bonds is 6. The van der Waals surface area contributed by atoms with E-state index in [9.17, 15) is 0 Å². The molecule has 2 nitrogen and oxygen atoms in total. The molecule has 58 heavy (non-hydrogen) atoms. The molecule has 0 atom stereocenters. The maximum Gasteiger partial charge on any atom is 0.0562 e. The van der Waals surface area contributed by atoms with E-state index < -0.39 is 0 Å². The van der Waals surface area contributed by atoms with Gasteiger partial charge in [0, 0.05) is 33.4 Å². The Labute approximate surface area is 337 Å². The van der Waals surface area contributed by atoms with Gasteiger partial charge in [0.25, 0.3) is 0 Å². The zero-order chi connectivity index (χ0) is 38.2. The lowest BCUT2D eigenvalue weighted by molar-refractivity contribution is 1.18. The molecule has 0 amide bonds. The van der Waals surface area contributed by atoms with Gasteiger partial charge in [0.2, 0.25) is 0 Å². The Bertz CT molecular complexity index is 3390. The van der Waals surface area contributed by atoms with Crippen molar-refractivity contribution < 1.29 is 0 Å². The van der Waals surface area contributed by atoms with E-state index >= 15 is 0 Å². The van der Waals surface area contributed by atoms with Crippen LogP contribution in [0.15, 0.2) is 218 Å². The van der Waals surface area contributed by atoms with Crippen LogP contribution in [0.2, 0.25) is 0 Å². The van der Waals surface area contributed by atoms with Crippen molar-refractivity contribution in [3.05, 3.63) is 218 Å². The lowest BCUT2D eigenvalue weighted by atomic mass is 9.96.